The Hall–Kier alpha value is -0.160. The third-order valence-electron chi connectivity index (χ3n) is 3.55. The van der Waals surface area contributed by atoms with Crippen LogP contribution < -0.4 is 0 Å². The third kappa shape index (κ3) is 2.40. The smallest absolute Gasteiger partial charge is 0.163 e. The molecule has 0 spiro atoms. The minimum atomic E-state index is -0.502. The van der Waals surface area contributed by atoms with E-state index in [-0.39, 0.29) is 12.2 Å². The van der Waals surface area contributed by atoms with Crippen LogP contribution in [0.5, 0.6) is 0 Å². The summed E-state index contributed by atoms with van der Waals surface area (Å²) in [7, 11) is 1.68. The van der Waals surface area contributed by atoms with Gasteiger partial charge in [0.25, 0.3) is 0 Å². The normalized spacial score (nSPS) is 42.0. The van der Waals surface area contributed by atoms with Crippen molar-refractivity contribution in [3.63, 3.8) is 0 Å². The lowest BCUT2D eigenvalue weighted by Gasteiger charge is -2.39. The molecule has 0 radical (unpaired) electrons. The van der Waals surface area contributed by atoms with E-state index in [1.165, 1.54) is 0 Å². The Morgan fingerprint density at radius 3 is 2.56 bits per heavy atom. The Morgan fingerprint density at radius 1 is 1.31 bits per heavy atom. The maximum atomic E-state index is 9.02. The molecule has 1 aliphatic carbocycles. The molecule has 1 saturated heterocycles. The Bertz CT molecular complexity index is 235. The van der Waals surface area contributed by atoms with Gasteiger partial charge in [0.1, 0.15) is 6.10 Å². The summed E-state index contributed by atoms with van der Waals surface area (Å²) in [6, 6.07) is 0. The Labute approximate surface area is 96.9 Å². The van der Waals surface area contributed by atoms with Gasteiger partial charge < -0.3 is 19.3 Å². The van der Waals surface area contributed by atoms with Crippen molar-refractivity contribution in [3.05, 3.63) is 0 Å². The van der Waals surface area contributed by atoms with Crippen molar-refractivity contribution in [2.75, 3.05) is 20.3 Å². The van der Waals surface area contributed by atoms with Gasteiger partial charge in [-0.2, -0.15) is 0 Å². The second-order valence-electron chi connectivity index (χ2n) is 5.37. The van der Waals surface area contributed by atoms with E-state index in [1.54, 1.807) is 7.11 Å². The van der Waals surface area contributed by atoms with E-state index in [2.05, 4.69) is 0 Å². The summed E-state index contributed by atoms with van der Waals surface area (Å²) in [6.45, 7) is 4.76. The topological polar surface area (TPSA) is 47.9 Å². The van der Waals surface area contributed by atoms with E-state index in [0.717, 1.165) is 12.8 Å². The number of aliphatic hydroxyl groups excluding tert-OH is 1. The summed E-state index contributed by atoms with van der Waals surface area (Å²) in [5.74, 6) is 0.470. The van der Waals surface area contributed by atoms with Crippen LogP contribution in [0.1, 0.15) is 26.7 Å². The molecule has 0 bridgehead atoms. The Balaban J connectivity index is 1.92. The molecular weight excluding hydrogens is 208 g/mol. The SMILES string of the molecule is COC[C@@H]1OC(C)(C)O[C@@H]1C1CC(CO)C1. The van der Waals surface area contributed by atoms with E-state index < -0.39 is 5.79 Å². The lowest BCUT2D eigenvalue weighted by atomic mass is 9.71. The maximum absolute atomic E-state index is 9.02. The molecular formula is C12H22O4. The zero-order valence-electron chi connectivity index (χ0n) is 10.3. The highest BCUT2D eigenvalue weighted by Gasteiger charge is 2.48. The highest BCUT2D eigenvalue weighted by Crippen LogP contribution is 2.43. The average molecular weight is 230 g/mol. The van der Waals surface area contributed by atoms with Gasteiger partial charge in [0.05, 0.1) is 12.7 Å². The molecule has 0 aromatic rings. The first-order chi connectivity index (χ1) is 7.55. The van der Waals surface area contributed by atoms with Crippen molar-refractivity contribution in [2.45, 2.75) is 44.7 Å². The second-order valence-corrected chi connectivity index (χ2v) is 5.37. The molecule has 2 fully saturated rings. The van der Waals surface area contributed by atoms with Crippen LogP contribution >= 0.6 is 0 Å². The Kier molecular flexibility index (Phi) is 3.54. The lowest BCUT2D eigenvalue weighted by Crippen LogP contribution is -2.42. The molecule has 2 rings (SSSR count). The molecule has 0 amide bonds. The fraction of sp³-hybridized carbons (Fsp3) is 1.00. The molecule has 0 aromatic heterocycles. The first-order valence-electron chi connectivity index (χ1n) is 6.01. The van der Waals surface area contributed by atoms with Gasteiger partial charge in [0, 0.05) is 13.7 Å². The predicted molar refractivity (Wildman–Crippen MR) is 59.0 cm³/mol. The van der Waals surface area contributed by atoms with Crippen molar-refractivity contribution in [2.24, 2.45) is 11.8 Å². The zero-order valence-corrected chi connectivity index (χ0v) is 10.3. The number of ether oxygens (including phenoxy) is 3. The lowest BCUT2D eigenvalue weighted by molar-refractivity contribution is -0.157. The van der Waals surface area contributed by atoms with E-state index in [0.29, 0.717) is 25.0 Å². The molecule has 1 aliphatic heterocycles. The molecule has 4 heteroatoms. The van der Waals surface area contributed by atoms with Crippen LogP contribution in [0.25, 0.3) is 0 Å². The number of methoxy groups -OCH3 is 1. The fourth-order valence-corrected chi connectivity index (χ4v) is 2.76. The third-order valence-corrected chi connectivity index (χ3v) is 3.55. The van der Waals surface area contributed by atoms with Gasteiger partial charge in [-0.3, -0.25) is 0 Å². The van der Waals surface area contributed by atoms with Crippen LogP contribution in [-0.2, 0) is 14.2 Å². The van der Waals surface area contributed by atoms with Gasteiger partial charge in [0.2, 0.25) is 0 Å². The molecule has 1 N–H and O–H groups in total. The van der Waals surface area contributed by atoms with Crippen molar-refractivity contribution < 1.29 is 19.3 Å². The van der Waals surface area contributed by atoms with Crippen molar-refractivity contribution in [1.29, 1.82) is 0 Å². The summed E-state index contributed by atoms with van der Waals surface area (Å²) >= 11 is 0. The molecule has 1 heterocycles. The summed E-state index contributed by atoms with van der Waals surface area (Å²) in [5.41, 5.74) is 0. The van der Waals surface area contributed by atoms with Gasteiger partial charge in [-0.1, -0.05) is 0 Å². The predicted octanol–water partition coefficient (Wildman–Crippen LogP) is 1.17. The van der Waals surface area contributed by atoms with Gasteiger partial charge in [-0.25, -0.2) is 0 Å². The minimum Gasteiger partial charge on any atom is -0.396 e. The molecule has 0 unspecified atom stereocenters. The van der Waals surface area contributed by atoms with Crippen LogP contribution in [0.3, 0.4) is 0 Å². The van der Waals surface area contributed by atoms with Gasteiger partial charge >= 0.3 is 0 Å². The van der Waals surface area contributed by atoms with Crippen LogP contribution in [0.2, 0.25) is 0 Å². The number of rotatable bonds is 4. The first-order valence-corrected chi connectivity index (χ1v) is 6.01. The molecule has 2 atom stereocenters. The first kappa shape index (κ1) is 12.3. The highest BCUT2D eigenvalue weighted by molar-refractivity contribution is 4.93. The second kappa shape index (κ2) is 4.61. The van der Waals surface area contributed by atoms with Gasteiger partial charge in [-0.05, 0) is 38.5 Å². The van der Waals surface area contributed by atoms with Crippen molar-refractivity contribution in [3.8, 4) is 0 Å². The fourth-order valence-electron chi connectivity index (χ4n) is 2.76. The summed E-state index contributed by atoms with van der Waals surface area (Å²) < 4.78 is 16.9. The van der Waals surface area contributed by atoms with E-state index in [4.69, 9.17) is 19.3 Å². The average Bonchev–Trinajstić information content (AvgIpc) is 2.40. The van der Waals surface area contributed by atoms with Crippen molar-refractivity contribution >= 4 is 0 Å². The van der Waals surface area contributed by atoms with E-state index in [9.17, 15) is 0 Å². The molecule has 4 nitrogen and oxygen atoms in total. The number of hydrogen-bond acceptors (Lipinski definition) is 4. The summed E-state index contributed by atoms with van der Waals surface area (Å²) in [6.07, 6.45) is 2.24. The highest BCUT2D eigenvalue weighted by atomic mass is 16.8. The largest absolute Gasteiger partial charge is 0.396 e. The van der Waals surface area contributed by atoms with Gasteiger partial charge in [-0.15, -0.1) is 0 Å². The van der Waals surface area contributed by atoms with Crippen LogP contribution in [0.4, 0.5) is 0 Å². The van der Waals surface area contributed by atoms with Crippen LogP contribution in [-0.4, -0.2) is 43.4 Å². The maximum Gasteiger partial charge on any atom is 0.163 e. The number of aliphatic hydroxyl groups is 1. The zero-order chi connectivity index (χ0) is 11.8. The van der Waals surface area contributed by atoms with Crippen LogP contribution in [0, 0.1) is 11.8 Å². The molecule has 16 heavy (non-hydrogen) atoms. The minimum absolute atomic E-state index is 0.0321. The van der Waals surface area contributed by atoms with Crippen molar-refractivity contribution in [1.82, 2.24) is 0 Å². The Morgan fingerprint density at radius 2 is 2.00 bits per heavy atom. The monoisotopic (exact) mass is 230 g/mol. The van der Waals surface area contributed by atoms with Gasteiger partial charge in [0.15, 0.2) is 5.79 Å². The molecule has 94 valence electrons. The standard InChI is InChI=1S/C12H22O4/c1-12(2)15-10(7-14-3)11(16-12)9-4-8(5-9)6-13/h8-11,13H,4-7H2,1-3H3/t8?,9?,10-,11+/m0/s1. The summed E-state index contributed by atoms with van der Waals surface area (Å²) in [5, 5.41) is 9.02. The molecule has 0 aromatic carbocycles. The van der Waals surface area contributed by atoms with E-state index >= 15 is 0 Å². The molecule has 1 saturated carbocycles. The molecule has 2 aliphatic rings. The van der Waals surface area contributed by atoms with Crippen LogP contribution in [0.15, 0.2) is 0 Å². The van der Waals surface area contributed by atoms with E-state index in [1.807, 2.05) is 13.8 Å². The summed E-state index contributed by atoms with van der Waals surface area (Å²) in [4.78, 5) is 0. The number of hydrogen-bond donors (Lipinski definition) is 1. The quantitative estimate of drug-likeness (QED) is 0.787.